The van der Waals surface area contributed by atoms with E-state index in [0.717, 1.165) is 26.9 Å². The van der Waals surface area contributed by atoms with E-state index < -0.39 is 0 Å². The summed E-state index contributed by atoms with van der Waals surface area (Å²) in [5.74, 6) is 1.63. The molecule has 21 heavy (non-hydrogen) atoms. The standard InChI is InChI=1S/C17H11Br2ClO/c18-10-13-8-15(20)4-6-17(13)21-16-5-2-11-7-14(19)3-1-12(11)9-16/h1-9H,10H2. The van der Waals surface area contributed by atoms with Gasteiger partial charge in [0.25, 0.3) is 0 Å². The van der Waals surface area contributed by atoms with E-state index in [9.17, 15) is 0 Å². The van der Waals surface area contributed by atoms with Crippen LogP contribution in [-0.4, -0.2) is 0 Å². The quantitative estimate of drug-likeness (QED) is 0.412. The van der Waals surface area contributed by atoms with E-state index in [1.54, 1.807) is 0 Å². The van der Waals surface area contributed by atoms with Crippen LogP contribution in [0.4, 0.5) is 0 Å². The maximum absolute atomic E-state index is 6.01. The number of ether oxygens (including phenoxy) is 1. The van der Waals surface area contributed by atoms with Crippen molar-refractivity contribution < 1.29 is 4.74 Å². The van der Waals surface area contributed by atoms with Crippen LogP contribution in [0.3, 0.4) is 0 Å². The Morgan fingerprint density at radius 1 is 0.905 bits per heavy atom. The van der Waals surface area contributed by atoms with E-state index >= 15 is 0 Å². The van der Waals surface area contributed by atoms with Crippen LogP contribution in [0.25, 0.3) is 10.8 Å². The summed E-state index contributed by atoms with van der Waals surface area (Å²) in [6, 6.07) is 17.9. The lowest BCUT2D eigenvalue weighted by Gasteiger charge is -2.11. The Morgan fingerprint density at radius 2 is 1.67 bits per heavy atom. The third kappa shape index (κ3) is 3.42. The number of fused-ring (bicyclic) bond motifs is 1. The highest BCUT2D eigenvalue weighted by Gasteiger charge is 2.06. The van der Waals surface area contributed by atoms with E-state index in [4.69, 9.17) is 16.3 Å². The van der Waals surface area contributed by atoms with Gasteiger partial charge >= 0.3 is 0 Å². The van der Waals surface area contributed by atoms with E-state index in [-0.39, 0.29) is 0 Å². The van der Waals surface area contributed by atoms with Crippen molar-refractivity contribution in [3.8, 4) is 11.5 Å². The highest BCUT2D eigenvalue weighted by molar-refractivity contribution is 9.10. The normalized spacial score (nSPS) is 10.8. The van der Waals surface area contributed by atoms with Crippen molar-refractivity contribution in [3.63, 3.8) is 0 Å². The van der Waals surface area contributed by atoms with E-state index in [1.165, 1.54) is 5.39 Å². The van der Waals surface area contributed by atoms with E-state index in [1.807, 2.05) is 36.4 Å². The van der Waals surface area contributed by atoms with E-state index in [0.29, 0.717) is 10.4 Å². The molecule has 3 rings (SSSR count). The zero-order valence-corrected chi connectivity index (χ0v) is 14.9. The Kier molecular flexibility index (Phi) is 4.53. The summed E-state index contributed by atoms with van der Waals surface area (Å²) in [7, 11) is 0. The molecule has 0 aliphatic carbocycles. The minimum absolute atomic E-state index is 0.698. The molecule has 0 aliphatic rings. The van der Waals surface area contributed by atoms with Crippen LogP contribution in [-0.2, 0) is 5.33 Å². The lowest BCUT2D eigenvalue weighted by Crippen LogP contribution is -1.89. The second-order valence-electron chi connectivity index (χ2n) is 4.64. The summed E-state index contributed by atoms with van der Waals surface area (Å²) in [5.41, 5.74) is 1.03. The Labute approximate surface area is 145 Å². The summed E-state index contributed by atoms with van der Waals surface area (Å²) in [4.78, 5) is 0. The number of alkyl halides is 1. The molecule has 0 heterocycles. The fourth-order valence-electron chi connectivity index (χ4n) is 2.14. The van der Waals surface area contributed by atoms with Crippen molar-refractivity contribution in [1.29, 1.82) is 0 Å². The van der Waals surface area contributed by atoms with Crippen molar-refractivity contribution in [3.05, 3.63) is 69.7 Å². The smallest absolute Gasteiger partial charge is 0.131 e. The molecular formula is C17H11Br2ClO. The molecule has 0 atom stereocenters. The molecular weight excluding hydrogens is 415 g/mol. The average Bonchev–Trinajstić information content (AvgIpc) is 2.49. The zero-order chi connectivity index (χ0) is 14.8. The molecule has 0 unspecified atom stereocenters. The van der Waals surface area contributed by atoms with Gasteiger partial charge in [-0.25, -0.2) is 0 Å². The van der Waals surface area contributed by atoms with Crippen molar-refractivity contribution in [2.75, 3.05) is 0 Å². The molecule has 0 saturated heterocycles. The molecule has 106 valence electrons. The molecule has 0 aromatic heterocycles. The third-order valence-electron chi connectivity index (χ3n) is 3.17. The van der Waals surface area contributed by atoms with Gasteiger partial charge in [0, 0.05) is 20.4 Å². The topological polar surface area (TPSA) is 9.23 Å². The van der Waals surface area contributed by atoms with Gasteiger partial charge < -0.3 is 4.74 Å². The van der Waals surface area contributed by atoms with Gasteiger partial charge in [-0.3, -0.25) is 0 Å². The van der Waals surface area contributed by atoms with Crippen LogP contribution in [0.5, 0.6) is 11.5 Å². The van der Waals surface area contributed by atoms with Crippen LogP contribution >= 0.6 is 43.5 Å². The van der Waals surface area contributed by atoms with Crippen molar-refractivity contribution >= 4 is 54.2 Å². The fourth-order valence-corrected chi connectivity index (χ4v) is 3.15. The summed E-state index contributed by atoms with van der Waals surface area (Å²) in [5, 5.41) is 3.72. The van der Waals surface area contributed by atoms with Crippen molar-refractivity contribution in [2.24, 2.45) is 0 Å². The number of rotatable bonds is 3. The Hall–Kier alpha value is -1.03. The minimum Gasteiger partial charge on any atom is -0.457 e. The molecule has 3 aromatic carbocycles. The Morgan fingerprint density at radius 3 is 2.48 bits per heavy atom. The first kappa shape index (κ1) is 14.9. The highest BCUT2D eigenvalue weighted by atomic mass is 79.9. The molecule has 0 spiro atoms. The van der Waals surface area contributed by atoms with Gasteiger partial charge in [0.05, 0.1) is 0 Å². The SMILES string of the molecule is Clc1ccc(Oc2ccc3cc(Br)ccc3c2)c(CBr)c1. The van der Waals surface area contributed by atoms with Crippen molar-refractivity contribution in [1.82, 2.24) is 0 Å². The van der Waals surface area contributed by atoms with Crippen LogP contribution in [0, 0.1) is 0 Å². The van der Waals surface area contributed by atoms with Gasteiger partial charge in [-0.1, -0.05) is 55.6 Å². The number of hydrogen-bond acceptors (Lipinski definition) is 1. The molecule has 1 nitrogen and oxygen atoms in total. The van der Waals surface area contributed by atoms with Crippen LogP contribution in [0.2, 0.25) is 5.02 Å². The number of hydrogen-bond donors (Lipinski definition) is 0. The van der Waals surface area contributed by atoms with Gasteiger partial charge in [0.15, 0.2) is 0 Å². The molecule has 0 radical (unpaired) electrons. The average molecular weight is 427 g/mol. The first-order valence-electron chi connectivity index (χ1n) is 6.37. The molecule has 0 saturated carbocycles. The number of halogens is 3. The summed E-state index contributed by atoms with van der Waals surface area (Å²) >= 11 is 13.0. The van der Waals surface area contributed by atoms with Gasteiger partial charge in [-0.05, 0) is 53.2 Å². The maximum Gasteiger partial charge on any atom is 0.131 e. The lowest BCUT2D eigenvalue weighted by atomic mass is 10.1. The predicted molar refractivity (Wildman–Crippen MR) is 95.8 cm³/mol. The van der Waals surface area contributed by atoms with Crippen LogP contribution < -0.4 is 4.74 Å². The summed E-state index contributed by atoms with van der Waals surface area (Å²) in [6.45, 7) is 0. The number of benzene rings is 3. The first-order valence-corrected chi connectivity index (χ1v) is 8.66. The first-order chi connectivity index (χ1) is 10.2. The second kappa shape index (κ2) is 6.39. The van der Waals surface area contributed by atoms with E-state index in [2.05, 4.69) is 50.1 Å². The van der Waals surface area contributed by atoms with Crippen LogP contribution in [0.15, 0.2) is 59.1 Å². The van der Waals surface area contributed by atoms with Crippen LogP contribution in [0.1, 0.15) is 5.56 Å². The molecule has 0 N–H and O–H groups in total. The molecule has 4 heteroatoms. The highest BCUT2D eigenvalue weighted by Crippen LogP contribution is 2.31. The maximum atomic E-state index is 6.01. The zero-order valence-electron chi connectivity index (χ0n) is 10.9. The molecule has 0 bridgehead atoms. The fraction of sp³-hybridized carbons (Fsp3) is 0.0588. The minimum atomic E-state index is 0.698. The lowest BCUT2D eigenvalue weighted by molar-refractivity contribution is 0.479. The molecule has 0 fully saturated rings. The van der Waals surface area contributed by atoms with Crippen molar-refractivity contribution in [2.45, 2.75) is 5.33 Å². The largest absolute Gasteiger partial charge is 0.457 e. The monoisotopic (exact) mass is 424 g/mol. The van der Waals surface area contributed by atoms with Gasteiger partial charge in [-0.2, -0.15) is 0 Å². The molecule has 0 aliphatic heterocycles. The van der Waals surface area contributed by atoms with Gasteiger partial charge in [-0.15, -0.1) is 0 Å². The molecule has 0 amide bonds. The summed E-state index contributed by atoms with van der Waals surface area (Å²) in [6.07, 6.45) is 0. The Balaban J connectivity index is 1.96. The molecule has 3 aromatic rings. The second-order valence-corrected chi connectivity index (χ2v) is 6.55. The third-order valence-corrected chi connectivity index (χ3v) is 4.50. The summed E-state index contributed by atoms with van der Waals surface area (Å²) < 4.78 is 7.07. The Bertz CT molecular complexity index is 802. The predicted octanol–water partition coefficient (Wildman–Crippen LogP) is 6.94. The van der Waals surface area contributed by atoms with Gasteiger partial charge in [0.2, 0.25) is 0 Å². The van der Waals surface area contributed by atoms with Gasteiger partial charge in [0.1, 0.15) is 11.5 Å².